The lowest BCUT2D eigenvalue weighted by atomic mass is 10.2. The van der Waals surface area contributed by atoms with E-state index in [1.807, 2.05) is 0 Å². The Morgan fingerprint density at radius 3 is 2.85 bits per heavy atom. The number of hydrogen-bond donors (Lipinski definition) is 1. The fourth-order valence-electron chi connectivity index (χ4n) is 1.08. The van der Waals surface area contributed by atoms with E-state index >= 15 is 0 Å². The second kappa shape index (κ2) is 2.48. The highest BCUT2D eigenvalue weighted by Crippen LogP contribution is 2.37. The molecule has 1 aliphatic rings. The smallest absolute Gasteiger partial charge is 0.433 e. The molecule has 1 aromatic rings. The maximum Gasteiger partial charge on any atom is 0.433 e. The summed E-state index contributed by atoms with van der Waals surface area (Å²) in [6.45, 7) is -0.760. The molecule has 0 bridgehead atoms. The second-order valence-corrected chi connectivity index (χ2v) is 2.73. The standard InChI is InChI=1S/C8H7F2NO2/c9-8(10)4-12-6-2-1-5(11)3-7(6)13-8/h1-3H,4,11H2. The van der Waals surface area contributed by atoms with Crippen molar-refractivity contribution in [3.05, 3.63) is 18.2 Å². The molecule has 0 aromatic heterocycles. The van der Waals surface area contributed by atoms with Gasteiger partial charge in [0.15, 0.2) is 18.1 Å². The summed E-state index contributed by atoms with van der Waals surface area (Å²) in [5.74, 6) is 0.274. The first-order valence-corrected chi connectivity index (χ1v) is 3.66. The molecule has 0 radical (unpaired) electrons. The highest BCUT2D eigenvalue weighted by Gasteiger charge is 2.37. The second-order valence-electron chi connectivity index (χ2n) is 2.73. The molecule has 0 saturated carbocycles. The predicted octanol–water partition coefficient (Wildman–Crippen LogP) is 1.63. The van der Waals surface area contributed by atoms with Gasteiger partial charge in [-0.2, -0.15) is 8.78 Å². The molecule has 70 valence electrons. The van der Waals surface area contributed by atoms with E-state index in [2.05, 4.69) is 4.74 Å². The zero-order valence-corrected chi connectivity index (χ0v) is 6.59. The number of fused-ring (bicyclic) bond motifs is 1. The number of alkyl halides is 2. The third kappa shape index (κ3) is 1.49. The van der Waals surface area contributed by atoms with Gasteiger partial charge in [-0.25, -0.2) is 0 Å². The summed E-state index contributed by atoms with van der Waals surface area (Å²) >= 11 is 0. The zero-order valence-electron chi connectivity index (χ0n) is 6.59. The number of hydrogen-bond acceptors (Lipinski definition) is 3. The van der Waals surface area contributed by atoms with Crippen LogP contribution >= 0.6 is 0 Å². The van der Waals surface area contributed by atoms with Crippen LogP contribution in [0.25, 0.3) is 0 Å². The van der Waals surface area contributed by atoms with Crippen LogP contribution < -0.4 is 15.2 Å². The maximum absolute atomic E-state index is 12.6. The average Bonchev–Trinajstić information content (AvgIpc) is 2.01. The van der Waals surface area contributed by atoms with Gasteiger partial charge in [-0.15, -0.1) is 0 Å². The summed E-state index contributed by atoms with van der Waals surface area (Å²) in [4.78, 5) is 0. The van der Waals surface area contributed by atoms with Crippen LogP contribution in [0.5, 0.6) is 11.5 Å². The molecule has 1 aromatic carbocycles. The van der Waals surface area contributed by atoms with E-state index in [9.17, 15) is 8.78 Å². The Morgan fingerprint density at radius 1 is 1.31 bits per heavy atom. The third-order valence-electron chi connectivity index (χ3n) is 1.62. The van der Waals surface area contributed by atoms with E-state index in [-0.39, 0.29) is 5.75 Å². The normalized spacial score (nSPS) is 18.3. The van der Waals surface area contributed by atoms with Gasteiger partial charge in [0.05, 0.1) is 0 Å². The maximum atomic E-state index is 12.6. The Balaban J connectivity index is 2.38. The summed E-state index contributed by atoms with van der Waals surface area (Å²) in [6, 6.07) is 4.37. The van der Waals surface area contributed by atoms with Crippen molar-refractivity contribution in [2.24, 2.45) is 0 Å². The van der Waals surface area contributed by atoms with Crippen LogP contribution in [0.3, 0.4) is 0 Å². The quantitative estimate of drug-likeness (QED) is 0.628. The van der Waals surface area contributed by atoms with Crippen LogP contribution in [-0.2, 0) is 0 Å². The number of benzene rings is 1. The van der Waals surface area contributed by atoms with Gasteiger partial charge in [-0.3, -0.25) is 0 Å². The molecule has 2 rings (SSSR count). The molecule has 1 aliphatic heterocycles. The fraction of sp³-hybridized carbons (Fsp3) is 0.250. The number of rotatable bonds is 0. The van der Waals surface area contributed by atoms with Crippen molar-refractivity contribution in [2.45, 2.75) is 6.11 Å². The summed E-state index contributed by atoms with van der Waals surface area (Å²) in [7, 11) is 0. The number of halogens is 2. The van der Waals surface area contributed by atoms with Crippen molar-refractivity contribution in [3.8, 4) is 11.5 Å². The SMILES string of the molecule is Nc1ccc2c(c1)OC(F)(F)CO2. The van der Waals surface area contributed by atoms with Crippen molar-refractivity contribution in [1.29, 1.82) is 0 Å². The van der Waals surface area contributed by atoms with Crippen molar-refractivity contribution < 1.29 is 18.3 Å². The Bertz CT molecular complexity index is 341. The van der Waals surface area contributed by atoms with Crippen molar-refractivity contribution in [1.82, 2.24) is 0 Å². The van der Waals surface area contributed by atoms with Gasteiger partial charge < -0.3 is 15.2 Å². The lowest BCUT2D eigenvalue weighted by Crippen LogP contribution is -2.35. The fourth-order valence-corrected chi connectivity index (χ4v) is 1.08. The zero-order chi connectivity index (χ0) is 9.47. The van der Waals surface area contributed by atoms with Gasteiger partial charge in [-0.05, 0) is 12.1 Å². The van der Waals surface area contributed by atoms with Crippen LogP contribution in [0.4, 0.5) is 14.5 Å². The van der Waals surface area contributed by atoms with Crippen molar-refractivity contribution >= 4 is 5.69 Å². The molecule has 5 heteroatoms. The number of ether oxygens (including phenoxy) is 2. The predicted molar refractivity (Wildman–Crippen MR) is 41.9 cm³/mol. The van der Waals surface area contributed by atoms with E-state index in [0.717, 1.165) is 0 Å². The first-order chi connectivity index (χ1) is 6.07. The van der Waals surface area contributed by atoms with Gasteiger partial charge in [0.1, 0.15) is 0 Å². The van der Waals surface area contributed by atoms with Gasteiger partial charge in [0, 0.05) is 11.8 Å². The van der Waals surface area contributed by atoms with Crippen LogP contribution in [-0.4, -0.2) is 12.7 Å². The van der Waals surface area contributed by atoms with Gasteiger partial charge in [-0.1, -0.05) is 0 Å². The number of nitrogen functional groups attached to an aromatic ring is 1. The molecule has 3 nitrogen and oxygen atoms in total. The lowest BCUT2D eigenvalue weighted by Gasteiger charge is -2.25. The van der Waals surface area contributed by atoms with E-state index in [1.165, 1.54) is 12.1 Å². The summed E-state index contributed by atoms with van der Waals surface area (Å²) < 4.78 is 34.4. The molecule has 13 heavy (non-hydrogen) atoms. The molecule has 0 saturated heterocycles. The molecule has 0 fully saturated rings. The first kappa shape index (κ1) is 8.10. The van der Waals surface area contributed by atoms with E-state index in [4.69, 9.17) is 10.5 Å². The molecule has 0 amide bonds. The molecular weight excluding hydrogens is 180 g/mol. The molecule has 0 unspecified atom stereocenters. The van der Waals surface area contributed by atoms with Crippen LogP contribution in [0.1, 0.15) is 0 Å². The van der Waals surface area contributed by atoms with Crippen molar-refractivity contribution in [3.63, 3.8) is 0 Å². The van der Waals surface area contributed by atoms with E-state index < -0.39 is 12.7 Å². The Kier molecular flexibility index (Phi) is 1.55. The molecular formula is C8H7F2NO2. The summed E-state index contributed by atoms with van der Waals surface area (Å²) in [6.07, 6.45) is -3.26. The van der Waals surface area contributed by atoms with Crippen LogP contribution in [0, 0.1) is 0 Å². The van der Waals surface area contributed by atoms with Gasteiger partial charge >= 0.3 is 6.11 Å². The minimum absolute atomic E-state index is 0.0174. The first-order valence-electron chi connectivity index (χ1n) is 3.66. The number of anilines is 1. The monoisotopic (exact) mass is 187 g/mol. The Morgan fingerprint density at radius 2 is 2.08 bits per heavy atom. The van der Waals surface area contributed by atoms with Crippen LogP contribution in [0.15, 0.2) is 18.2 Å². The largest absolute Gasteiger partial charge is 0.479 e. The van der Waals surface area contributed by atoms with E-state index in [0.29, 0.717) is 11.4 Å². The highest BCUT2D eigenvalue weighted by atomic mass is 19.3. The Hall–Kier alpha value is -1.52. The third-order valence-corrected chi connectivity index (χ3v) is 1.62. The van der Waals surface area contributed by atoms with Gasteiger partial charge in [0.2, 0.25) is 0 Å². The average molecular weight is 187 g/mol. The topological polar surface area (TPSA) is 44.5 Å². The van der Waals surface area contributed by atoms with E-state index in [1.54, 1.807) is 6.07 Å². The summed E-state index contributed by atoms with van der Waals surface area (Å²) in [5, 5.41) is 0. The lowest BCUT2D eigenvalue weighted by molar-refractivity contribution is -0.208. The number of nitrogens with two attached hydrogens (primary N) is 1. The van der Waals surface area contributed by atoms with Crippen LogP contribution in [0.2, 0.25) is 0 Å². The molecule has 2 N–H and O–H groups in total. The molecule has 0 spiro atoms. The molecule has 1 heterocycles. The molecule has 0 atom stereocenters. The summed E-state index contributed by atoms with van der Waals surface area (Å²) in [5.41, 5.74) is 5.75. The van der Waals surface area contributed by atoms with Gasteiger partial charge in [0.25, 0.3) is 0 Å². The van der Waals surface area contributed by atoms with Crippen molar-refractivity contribution in [2.75, 3.05) is 12.3 Å². The minimum Gasteiger partial charge on any atom is -0.479 e. The highest BCUT2D eigenvalue weighted by molar-refractivity contribution is 5.52. The molecule has 0 aliphatic carbocycles. The minimum atomic E-state index is -3.26. The Labute approximate surface area is 73.1 Å².